The number of nitrogens with two attached hydrogens (primary N) is 2. The van der Waals surface area contributed by atoms with Crippen molar-refractivity contribution in [1.82, 2.24) is 0 Å². The highest BCUT2D eigenvalue weighted by molar-refractivity contribution is 5.75. The van der Waals surface area contributed by atoms with Crippen molar-refractivity contribution in [2.45, 2.75) is 39.7 Å². The highest BCUT2D eigenvalue weighted by atomic mass is 15.0. The van der Waals surface area contributed by atoms with E-state index in [0.29, 0.717) is 5.92 Å². The summed E-state index contributed by atoms with van der Waals surface area (Å²) in [6.07, 6.45) is 2.27. The zero-order chi connectivity index (χ0) is 8.85. The molecule has 0 spiro atoms. The summed E-state index contributed by atoms with van der Waals surface area (Å²) in [6.45, 7) is 6.37. The van der Waals surface area contributed by atoms with Crippen LogP contribution < -0.4 is 11.5 Å². The minimum absolute atomic E-state index is 0.199. The molecule has 0 aliphatic carbocycles. The summed E-state index contributed by atoms with van der Waals surface area (Å²) in [7, 11) is 0. The smallest absolute Gasteiger partial charge is 0.186 e. The number of hydrogen-bond donors (Lipinski definition) is 2. The van der Waals surface area contributed by atoms with Gasteiger partial charge in [-0.3, -0.25) is 4.99 Å². The standard InChI is InChI=1S/C8H19N3/c1-4-7(5-2)6(3)11-8(9)10/h6-7H,4-5H2,1-3H3,(H4,9,10,11). The largest absolute Gasteiger partial charge is 0.370 e. The Morgan fingerprint density at radius 2 is 1.73 bits per heavy atom. The van der Waals surface area contributed by atoms with Crippen molar-refractivity contribution in [3.8, 4) is 0 Å². The molecule has 0 saturated heterocycles. The first kappa shape index (κ1) is 10.3. The molecule has 0 amide bonds. The van der Waals surface area contributed by atoms with Gasteiger partial charge in [0.2, 0.25) is 0 Å². The lowest BCUT2D eigenvalue weighted by Crippen LogP contribution is -2.27. The monoisotopic (exact) mass is 157 g/mol. The zero-order valence-electron chi connectivity index (χ0n) is 7.67. The fraction of sp³-hybridized carbons (Fsp3) is 0.875. The lowest BCUT2D eigenvalue weighted by molar-refractivity contribution is 0.419. The van der Waals surface area contributed by atoms with Crippen molar-refractivity contribution in [3.05, 3.63) is 0 Å². The van der Waals surface area contributed by atoms with Gasteiger partial charge in [0.25, 0.3) is 0 Å². The third-order valence-corrected chi connectivity index (χ3v) is 2.08. The van der Waals surface area contributed by atoms with E-state index in [4.69, 9.17) is 11.5 Å². The average molecular weight is 157 g/mol. The first-order valence-electron chi connectivity index (χ1n) is 4.20. The lowest BCUT2D eigenvalue weighted by atomic mass is 9.96. The Kier molecular flexibility index (Phi) is 4.66. The van der Waals surface area contributed by atoms with Gasteiger partial charge in [0.1, 0.15) is 0 Å². The molecule has 0 aliphatic rings. The highest BCUT2D eigenvalue weighted by Gasteiger charge is 2.11. The summed E-state index contributed by atoms with van der Waals surface area (Å²) in [5.41, 5.74) is 10.5. The molecule has 0 heterocycles. The van der Waals surface area contributed by atoms with Gasteiger partial charge in [0.05, 0.1) is 6.04 Å². The lowest BCUT2D eigenvalue weighted by Gasteiger charge is -2.16. The quantitative estimate of drug-likeness (QED) is 0.474. The molecule has 0 aromatic rings. The van der Waals surface area contributed by atoms with Crippen molar-refractivity contribution in [2.24, 2.45) is 22.4 Å². The predicted octanol–water partition coefficient (Wildman–Crippen LogP) is 1.08. The van der Waals surface area contributed by atoms with Gasteiger partial charge in [-0.05, 0) is 12.8 Å². The Balaban J connectivity index is 3.98. The van der Waals surface area contributed by atoms with Gasteiger partial charge in [0, 0.05) is 0 Å². The van der Waals surface area contributed by atoms with E-state index >= 15 is 0 Å². The van der Waals surface area contributed by atoms with E-state index in [1.165, 1.54) is 0 Å². The second kappa shape index (κ2) is 4.99. The first-order valence-corrected chi connectivity index (χ1v) is 4.20. The minimum atomic E-state index is 0.199. The number of nitrogens with zero attached hydrogens (tertiary/aromatic N) is 1. The third kappa shape index (κ3) is 3.86. The minimum Gasteiger partial charge on any atom is -0.370 e. The summed E-state index contributed by atoms with van der Waals surface area (Å²) in [4.78, 5) is 4.09. The maximum absolute atomic E-state index is 5.27. The van der Waals surface area contributed by atoms with Crippen LogP contribution in [0.2, 0.25) is 0 Å². The molecule has 3 heteroatoms. The predicted molar refractivity (Wildman–Crippen MR) is 49.3 cm³/mol. The molecule has 3 nitrogen and oxygen atoms in total. The first-order chi connectivity index (χ1) is 5.11. The molecule has 1 atom stereocenters. The number of aliphatic imine (C=N–C) groups is 1. The zero-order valence-corrected chi connectivity index (χ0v) is 7.67. The van der Waals surface area contributed by atoms with Gasteiger partial charge in [-0.2, -0.15) is 0 Å². The Labute approximate surface area is 68.9 Å². The van der Waals surface area contributed by atoms with E-state index in [-0.39, 0.29) is 12.0 Å². The molecular weight excluding hydrogens is 138 g/mol. The molecule has 66 valence electrons. The van der Waals surface area contributed by atoms with Crippen LogP contribution in [0.4, 0.5) is 0 Å². The molecule has 0 fully saturated rings. The molecule has 0 radical (unpaired) electrons. The van der Waals surface area contributed by atoms with E-state index in [2.05, 4.69) is 25.8 Å². The molecule has 1 unspecified atom stereocenters. The Morgan fingerprint density at radius 3 is 2.00 bits per heavy atom. The van der Waals surface area contributed by atoms with E-state index in [0.717, 1.165) is 12.8 Å². The van der Waals surface area contributed by atoms with Crippen LogP contribution in [0.15, 0.2) is 4.99 Å². The van der Waals surface area contributed by atoms with Gasteiger partial charge < -0.3 is 11.5 Å². The van der Waals surface area contributed by atoms with Crippen LogP contribution in [0.5, 0.6) is 0 Å². The van der Waals surface area contributed by atoms with Crippen molar-refractivity contribution in [1.29, 1.82) is 0 Å². The van der Waals surface area contributed by atoms with Gasteiger partial charge in [-0.1, -0.05) is 26.7 Å². The second-order valence-corrected chi connectivity index (χ2v) is 2.87. The van der Waals surface area contributed by atoms with Crippen molar-refractivity contribution >= 4 is 5.96 Å². The fourth-order valence-electron chi connectivity index (χ4n) is 1.31. The molecular formula is C8H19N3. The van der Waals surface area contributed by atoms with Crippen molar-refractivity contribution in [2.75, 3.05) is 0 Å². The summed E-state index contributed by atoms with van der Waals surface area (Å²) >= 11 is 0. The van der Waals surface area contributed by atoms with Crippen LogP contribution in [-0.2, 0) is 0 Å². The number of guanidine groups is 1. The number of rotatable bonds is 4. The van der Waals surface area contributed by atoms with Crippen LogP contribution in [0, 0.1) is 5.92 Å². The molecule has 0 rings (SSSR count). The summed E-state index contributed by atoms with van der Waals surface area (Å²) in [5.74, 6) is 0.807. The molecule has 0 bridgehead atoms. The van der Waals surface area contributed by atoms with E-state index in [1.54, 1.807) is 0 Å². The van der Waals surface area contributed by atoms with E-state index in [9.17, 15) is 0 Å². The van der Waals surface area contributed by atoms with Crippen LogP contribution >= 0.6 is 0 Å². The molecule has 11 heavy (non-hydrogen) atoms. The van der Waals surface area contributed by atoms with Gasteiger partial charge >= 0.3 is 0 Å². The van der Waals surface area contributed by atoms with Crippen LogP contribution in [0.3, 0.4) is 0 Å². The van der Waals surface area contributed by atoms with Crippen LogP contribution in [0.25, 0.3) is 0 Å². The molecule has 4 N–H and O–H groups in total. The third-order valence-electron chi connectivity index (χ3n) is 2.08. The Bertz CT molecular complexity index is 123. The van der Waals surface area contributed by atoms with Crippen molar-refractivity contribution in [3.63, 3.8) is 0 Å². The maximum atomic E-state index is 5.27. The van der Waals surface area contributed by atoms with Crippen LogP contribution in [-0.4, -0.2) is 12.0 Å². The Morgan fingerprint density at radius 1 is 1.27 bits per heavy atom. The Hall–Kier alpha value is -0.730. The topological polar surface area (TPSA) is 64.4 Å². The van der Waals surface area contributed by atoms with E-state index in [1.807, 2.05) is 0 Å². The number of hydrogen-bond acceptors (Lipinski definition) is 1. The summed E-state index contributed by atoms with van der Waals surface area (Å²) in [5, 5.41) is 0. The summed E-state index contributed by atoms with van der Waals surface area (Å²) in [6, 6.07) is 0.259. The van der Waals surface area contributed by atoms with E-state index < -0.39 is 0 Å². The normalized spacial score (nSPS) is 13.1. The second-order valence-electron chi connectivity index (χ2n) is 2.87. The van der Waals surface area contributed by atoms with Gasteiger partial charge in [-0.25, -0.2) is 0 Å². The SMILES string of the molecule is CCC(CC)C(C)N=C(N)N. The molecule has 0 aliphatic heterocycles. The molecule has 0 aromatic carbocycles. The fourth-order valence-corrected chi connectivity index (χ4v) is 1.31. The molecule has 0 saturated carbocycles. The summed E-state index contributed by atoms with van der Waals surface area (Å²) < 4.78 is 0. The van der Waals surface area contributed by atoms with Gasteiger partial charge in [0.15, 0.2) is 5.96 Å². The van der Waals surface area contributed by atoms with Crippen LogP contribution in [0.1, 0.15) is 33.6 Å². The maximum Gasteiger partial charge on any atom is 0.186 e. The van der Waals surface area contributed by atoms with Gasteiger partial charge in [-0.15, -0.1) is 0 Å². The average Bonchev–Trinajstić information content (AvgIpc) is 1.88. The highest BCUT2D eigenvalue weighted by Crippen LogP contribution is 2.14. The molecule has 0 aromatic heterocycles. The van der Waals surface area contributed by atoms with Crippen molar-refractivity contribution < 1.29 is 0 Å².